The molecule has 2 atom stereocenters. The lowest BCUT2D eigenvalue weighted by Gasteiger charge is -2.34. The van der Waals surface area contributed by atoms with E-state index in [1.54, 1.807) is 0 Å². The van der Waals surface area contributed by atoms with Crippen molar-refractivity contribution in [3.05, 3.63) is 84.4 Å². The van der Waals surface area contributed by atoms with Crippen LogP contribution in [0.25, 0.3) is 21.5 Å². The molecule has 3 nitrogen and oxygen atoms in total. The van der Waals surface area contributed by atoms with Gasteiger partial charge in [0.1, 0.15) is 0 Å². The molecule has 1 aliphatic rings. The van der Waals surface area contributed by atoms with Gasteiger partial charge in [-0.1, -0.05) is 54.6 Å². The van der Waals surface area contributed by atoms with Crippen LogP contribution in [0.2, 0.25) is 0 Å². The Morgan fingerprint density at radius 1 is 0.704 bits per heavy atom. The minimum absolute atomic E-state index is 0.295. The quantitative estimate of drug-likeness (QED) is 0.430. The molecule has 0 fully saturated rings. The molecule has 0 aromatic heterocycles. The summed E-state index contributed by atoms with van der Waals surface area (Å²) in [5.74, 6) is 1.48. The number of hydrogen-bond acceptors (Lipinski definition) is 3. The minimum Gasteiger partial charge on any atom is -0.475 e. The van der Waals surface area contributed by atoms with Crippen molar-refractivity contribution in [2.24, 2.45) is 0 Å². The average Bonchev–Trinajstić information content (AvgIpc) is 2.71. The van der Waals surface area contributed by atoms with Crippen molar-refractivity contribution >= 4 is 21.5 Å². The highest BCUT2D eigenvalue weighted by molar-refractivity contribution is 5.99. The second-order valence-corrected chi connectivity index (χ2v) is 6.74. The van der Waals surface area contributed by atoms with Crippen LogP contribution in [0.1, 0.15) is 18.6 Å². The molecular weight excluding hydrogens is 336 g/mol. The summed E-state index contributed by atoms with van der Waals surface area (Å²) in [5, 5.41) is 4.70. The lowest BCUT2D eigenvalue weighted by molar-refractivity contribution is -0.151. The predicted octanol–water partition coefficient (Wildman–Crippen LogP) is 5.87. The van der Waals surface area contributed by atoms with Gasteiger partial charge in [0.05, 0.1) is 0 Å². The average molecular weight is 356 g/mol. The smallest absolute Gasteiger partial charge is 0.241 e. The summed E-state index contributed by atoms with van der Waals surface area (Å²) in [6.45, 7) is 2.53. The van der Waals surface area contributed by atoms with Crippen LogP contribution in [0.3, 0.4) is 0 Å². The van der Waals surface area contributed by atoms with Crippen LogP contribution in [-0.4, -0.2) is 12.9 Å². The molecule has 0 saturated heterocycles. The van der Waals surface area contributed by atoms with Gasteiger partial charge < -0.3 is 14.2 Å². The Bertz CT molecular complexity index is 1100. The monoisotopic (exact) mass is 356 g/mol. The third kappa shape index (κ3) is 2.90. The third-order valence-electron chi connectivity index (χ3n) is 4.97. The third-order valence-corrected chi connectivity index (χ3v) is 4.97. The van der Waals surface area contributed by atoms with Gasteiger partial charge in [0.15, 0.2) is 17.6 Å². The molecule has 0 spiro atoms. The van der Waals surface area contributed by atoms with Gasteiger partial charge >= 0.3 is 0 Å². The molecule has 3 heteroatoms. The van der Waals surface area contributed by atoms with Crippen molar-refractivity contribution in [1.29, 1.82) is 0 Å². The number of benzene rings is 4. The highest BCUT2D eigenvalue weighted by atomic mass is 16.7. The topological polar surface area (TPSA) is 27.7 Å². The number of rotatable bonds is 3. The van der Waals surface area contributed by atoms with E-state index in [4.69, 9.17) is 14.2 Å². The Kier molecular flexibility index (Phi) is 3.95. The molecule has 1 heterocycles. The number of ether oxygens (including phenoxy) is 3. The maximum Gasteiger partial charge on any atom is 0.241 e. The lowest BCUT2D eigenvalue weighted by atomic mass is 10.0. The van der Waals surface area contributed by atoms with Crippen molar-refractivity contribution in [2.75, 3.05) is 6.61 Å². The molecule has 0 N–H and O–H groups in total. The van der Waals surface area contributed by atoms with Crippen molar-refractivity contribution in [3.8, 4) is 11.5 Å². The first kappa shape index (κ1) is 16.2. The van der Waals surface area contributed by atoms with Crippen LogP contribution in [0.4, 0.5) is 0 Å². The molecule has 4 aromatic carbocycles. The first-order valence-corrected chi connectivity index (χ1v) is 9.28. The Morgan fingerprint density at radius 2 is 1.30 bits per heavy atom. The molecule has 0 aliphatic carbocycles. The summed E-state index contributed by atoms with van der Waals surface area (Å²) in [4.78, 5) is 0. The van der Waals surface area contributed by atoms with Crippen molar-refractivity contribution in [2.45, 2.75) is 19.3 Å². The highest BCUT2D eigenvalue weighted by Gasteiger charge is 2.33. The molecule has 0 amide bonds. The fraction of sp³-hybridized carbons (Fsp3) is 0.167. The van der Waals surface area contributed by atoms with Crippen LogP contribution in [0.15, 0.2) is 78.9 Å². The summed E-state index contributed by atoms with van der Waals surface area (Å²) in [6.07, 6.45) is -0.764. The van der Waals surface area contributed by atoms with Crippen molar-refractivity contribution in [3.63, 3.8) is 0 Å². The van der Waals surface area contributed by atoms with Crippen LogP contribution < -0.4 is 9.47 Å². The normalized spacial score (nSPS) is 18.7. The van der Waals surface area contributed by atoms with Gasteiger partial charge in [-0.2, -0.15) is 0 Å². The summed E-state index contributed by atoms with van der Waals surface area (Å²) in [6, 6.07) is 26.9. The highest BCUT2D eigenvalue weighted by Crippen LogP contribution is 2.42. The summed E-state index contributed by atoms with van der Waals surface area (Å²) in [5.41, 5.74) is 1.04. The van der Waals surface area contributed by atoms with Crippen LogP contribution in [-0.2, 0) is 4.74 Å². The molecule has 0 saturated carbocycles. The molecule has 1 aliphatic heterocycles. The van der Waals surface area contributed by atoms with Crippen molar-refractivity contribution < 1.29 is 14.2 Å². The molecule has 4 aromatic rings. The summed E-state index contributed by atoms with van der Waals surface area (Å²) >= 11 is 0. The standard InChI is InChI=1S/C24H20O3/c1-2-25-24-23(16-8-4-3-5-9-16)26-21-14-19-12-17-10-6-7-11-18(17)13-20(19)15-22(21)27-24/h3-15,23-24H,2H2,1H3/t23-,24-/m1/s1. The zero-order chi connectivity index (χ0) is 18.2. The molecule has 0 bridgehead atoms. The van der Waals surface area contributed by atoms with Gasteiger partial charge in [-0.3, -0.25) is 0 Å². The molecule has 0 radical (unpaired) electrons. The summed E-state index contributed by atoms with van der Waals surface area (Å²) < 4.78 is 18.4. The Labute approximate surface area is 158 Å². The van der Waals surface area contributed by atoms with E-state index in [9.17, 15) is 0 Å². The van der Waals surface area contributed by atoms with Crippen molar-refractivity contribution in [1.82, 2.24) is 0 Å². The van der Waals surface area contributed by atoms with Gasteiger partial charge in [-0.15, -0.1) is 0 Å². The molecule has 5 rings (SSSR count). The van der Waals surface area contributed by atoms with E-state index in [2.05, 4.69) is 42.5 Å². The fourth-order valence-electron chi connectivity index (χ4n) is 3.67. The number of fused-ring (bicyclic) bond motifs is 3. The van der Waals surface area contributed by atoms with Gasteiger partial charge in [0, 0.05) is 6.61 Å². The maximum atomic E-state index is 6.35. The lowest BCUT2D eigenvalue weighted by Crippen LogP contribution is -2.35. The molecule has 27 heavy (non-hydrogen) atoms. The van der Waals surface area contributed by atoms with Crippen LogP contribution in [0, 0.1) is 0 Å². The van der Waals surface area contributed by atoms with Crippen LogP contribution in [0.5, 0.6) is 11.5 Å². The van der Waals surface area contributed by atoms with E-state index in [-0.39, 0.29) is 6.10 Å². The van der Waals surface area contributed by atoms with Crippen LogP contribution >= 0.6 is 0 Å². The largest absolute Gasteiger partial charge is 0.475 e. The zero-order valence-electron chi connectivity index (χ0n) is 15.1. The second-order valence-electron chi connectivity index (χ2n) is 6.74. The Morgan fingerprint density at radius 3 is 1.93 bits per heavy atom. The fourth-order valence-corrected chi connectivity index (χ4v) is 3.67. The van der Waals surface area contributed by atoms with Gasteiger partial charge in [-0.05, 0) is 58.3 Å². The molecular formula is C24H20O3. The Balaban J connectivity index is 1.62. The first-order valence-electron chi connectivity index (χ1n) is 9.28. The van der Waals surface area contributed by atoms with E-state index < -0.39 is 6.29 Å². The number of hydrogen-bond donors (Lipinski definition) is 0. The summed E-state index contributed by atoms with van der Waals surface area (Å²) in [7, 11) is 0. The van der Waals surface area contributed by atoms with E-state index in [0.29, 0.717) is 6.61 Å². The SMILES string of the molecule is CCO[C@@H]1Oc2cc3cc4ccccc4cc3cc2O[C@@H]1c1ccccc1. The van der Waals surface area contributed by atoms with Gasteiger partial charge in [-0.25, -0.2) is 0 Å². The Hall–Kier alpha value is -3.04. The molecule has 134 valence electrons. The minimum atomic E-state index is -0.470. The maximum absolute atomic E-state index is 6.35. The van der Waals surface area contributed by atoms with E-state index in [1.165, 1.54) is 10.8 Å². The predicted molar refractivity (Wildman–Crippen MR) is 107 cm³/mol. The van der Waals surface area contributed by atoms with E-state index in [0.717, 1.165) is 27.8 Å². The molecule has 0 unspecified atom stereocenters. The first-order chi connectivity index (χ1) is 13.3. The zero-order valence-corrected chi connectivity index (χ0v) is 15.1. The van der Waals surface area contributed by atoms with Gasteiger partial charge in [0.25, 0.3) is 0 Å². The second kappa shape index (κ2) is 6.60. The van der Waals surface area contributed by atoms with Gasteiger partial charge in [0.2, 0.25) is 6.29 Å². The van der Waals surface area contributed by atoms with E-state index in [1.807, 2.05) is 43.3 Å². The van der Waals surface area contributed by atoms with E-state index >= 15 is 0 Å².